The number of carbonyl (C=O) groups excluding carboxylic acids is 1. The Bertz CT molecular complexity index is 221. The summed E-state index contributed by atoms with van der Waals surface area (Å²) in [6, 6.07) is 0. The molecule has 0 N–H and O–H groups in total. The van der Waals surface area contributed by atoms with Crippen molar-refractivity contribution < 1.29 is 19.1 Å². The summed E-state index contributed by atoms with van der Waals surface area (Å²) in [6.45, 7) is 5.64. The molecule has 0 amide bonds. The van der Waals surface area contributed by atoms with Crippen LogP contribution in [0.3, 0.4) is 0 Å². The highest BCUT2D eigenvalue weighted by atomic mass is 16.8. The fourth-order valence-corrected chi connectivity index (χ4v) is 0.796. The molecule has 0 saturated heterocycles. The Morgan fingerprint density at radius 1 is 1.58 bits per heavy atom. The molecule has 1 rings (SSSR count). The van der Waals surface area contributed by atoms with Crippen molar-refractivity contribution in [3.05, 3.63) is 0 Å². The van der Waals surface area contributed by atoms with Gasteiger partial charge in [-0.1, -0.05) is 0 Å². The highest BCUT2D eigenvalue weighted by Gasteiger charge is 2.37. The van der Waals surface area contributed by atoms with E-state index in [9.17, 15) is 4.79 Å². The highest BCUT2D eigenvalue weighted by Crippen LogP contribution is 2.18. The van der Waals surface area contributed by atoms with E-state index in [0.29, 0.717) is 6.61 Å². The molecule has 0 radical (unpaired) electrons. The molecule has 5 nitrogen and oxygen atoms in total. The number of oxime groups is 1. The largest absolute Gasteiger partial charge is 0.536 e. The first-order chi connectivity index (χ1) is 5.56. The van der Waals surface area contributed by atoms with E-state index in [1.165, 1.54) is 0 Å². The maximum Gasteiger partial charge on any atom is 0.536 e. The van der Waals surface area contributed by atoms with Crippen LogP contribution >= 0.6 is 0 Å². The van der Waals surface area contributed by atoms with Crippen LogP contribution < -0.4 is 0 Å². The third-order valence-electron chi connectivity index (χ3n) is 1.34. The van der Waals surface area contributed by atoms with Crippen LogP contribution in [-0.2, 0) is 14.3 Å². The minimum atomic E-state index is -0.828. The van der Waals surface area contributed by atoms with E-state index in [0.717, 1.165) is 0 Å². The zero-order valence-electron chi connectivity index (χ0n) is 7.29. The first kappa shape index (κ1) is 8.83. The lowest BCUT2D eigenvalue weighted by molar-refractivity contribution is -0.0200. The Hall–Kier alpha value is -1.26. The van der Waals surface area contributed by atoms with Crippen molar-refractivity contribution in [2.24, 2.45) is 5.16 Å². The average molecular weight is 173 g/mol. The Balaban J connectivity index is 2.76. The number of hydrogen-bond acceptors (Lipinski definition) is 5. The number of carbonyl (C=O) groups is 1. The fraction of sp³-hybridized carbons (Fsp3) is 0.714. The summed E-state index contributed by atoms with van der Waals surface area (Å²) in [5, 5.41) is 3.47. The van der Waals surface area contributed by atoms with Gasteiger partial charge in [0, 0.05) is 0 Å². The van der Waals surface area contributed by atoms with Gasteiger partial charge in [-0.15, -0.1) is 0 Å². The third-order valence-corrected chi connectivity index (χ3v) is 1.34. The quantitative estimate of drug-likeness (QED) is 0.442. The molecule has 12 heavy (non-hydrogen) atoms. The predicted octanol–water partition coefficient (Wildman–Crippen LogP) is 1.28. The summed E-state index contributed by atoms with van der Waals surface area (Å²) in [4.78, 5) is 14.9. The Labute approximate surface area is 70.3 Å². The Morgan fingerprint density at radius 2 is 2.25 bits per heavy atom. The van der Waals surface area contributed by atoms with Crippen LogP contribution in [0.1, 0.15) is 20.8 Å². The van der Waals surface area contributed by atoms with Crippen molar-refractivity contribution in [1.29, 1.82) is 0 Å². The number of nitrogens with zero attached hydrogens (tertiary/aromatic N) is 1. The van der Waals surface area contributed by atoms with Crippen molar-refractivity contribution in [2.75, 3.05) is 6.61 Å². The molecule has 0 saturated carbocycles. The van der Waals surface area contributed by atoms with E-state index >= 15 is 0 Å². The van der Waals surface area contributed by atoms with Gasteiger partial charge in [0.25, 0.3) is 5.90 Å². The second kappa shape index (κ2) is 3.00. The van der Waals surface area contributed by atoms with Gasteiger partial charge in [0.2, 0.25) is 0 Å². The summed E-state index contributed by atoms with van der Waals surface area (Å²) in [5.41, 5.74) is -0.828. The molecular formula is C7H11NO4. The van der Waals surface area contributed by atoms with Crippen molar-refractivity contribution in [2.45, 2.75) is 26.4 Å². The van der Waals surface area contributed by atoms with Crippen LogP contribution in [0.15, 0.2) is 5.16 Å². The molecule has 0 unspecified atom stereocenters. The highest BCUT2D eigenvalue weighted by molar-refractivity contribution is 5.87. The topological polar surface area (TPSA) is 57.1 Å². The summed E-state index contributed by atoms with van der Waals surface area (Å²) >= 11 is 0. The first-order valence-corrected chi connectivity index (χ1v) is 3.67. The lowest BCUT2D eigenvalue weighted by Gasteiger charge is -2.27. The predicted molar refractivity (Wildman–Crippen MR) is 40.7 cm³/mol. The van der Waals surface area contributed by atoms with E-state index in [2.05, 4.69) is 9.99 Å². The van der Waals surface area contributed by atoms with Gasteiger partial charge < -0.3 is 9.47 Å². The molecule has 0 fully saturated rings. The fourth-order valence-electron chi connectivity index (χ4n) is 0.796. The van der Waals surface area contributed by atoms with Gasteiger partial charge in [-0.2, -0.15) is 0 Å². The molecule has 1 heterocycles. The molecule has 0 atom stereocenters. The monoisotopic (exact) mass is 173 g/mol. The number of rotatable bonds is 1. The molecule has 0 aromatic rings. The number of ether oxygens (including phenoxy) is 2. The maximum atomic E-state index is 10.6. The summed E-state index contributed by atoms with van der Waals surface area (Å²) in [5.74, 6) is 0.282. The van der Waals surface area contributed by atoms with Gasteiger partial charge in [-0.25, -0.2) is 4.79 Å². The Morgan fingerprint density at radius 3 is 2.75 bits per heavy atom. The lowest BCUT2D eigenvalue weighted by atomic mass is 10.1. The third kappa shape index (κ3) is 1.66. The van der Waals surface area contributed by atoms with Crippen LogP contribution in [0, 0.1) is 0 Å². The van der Waals surface area contributed by atoms with E-state index in [-0.39, 0.29) is 5.90 Å². The summed E-state index contributed by atoms with van der Waals surface area (Å²) < 4.78 is 9.92. The molecule has 0 aromatic heterocycles. The molecule has 0 spiro atoms. The van der Waals surface area contributed by atoms with E-state index in [1.54, 1.807) is 13.8 Å². The van der Waals surface area contributed by atoms with Gasteiger partial charge in [0.15, 0.2) is 5.60 Å². The van der Waals surface area contributed by atoms with Crippen LogP contribution in [0.4, 0.5) is 4.79 Å². The molecular weight excluding hydrogens is 162 g/mol. The van der Waals surface area contributed by atoms with Crippen molar-refractivity contribution in [1.82, 2.24) is 0 Å². The second-order valence-corrected chi connectivity index (χ2v) is 2.78. The van der Waals surface area contributed by atoms with Gasteiger partial charge in [-0.3, -0.25) is 4.84 Å². The van der Waals surface area contributed by atoms with Crippen LogP contribution in [0.2, 0.25) is 0 Å². The summed E-state index contributed by atoms with van der Waals surface area (Å²) in [7, 11) is 0. The molecule has 1 aliphatic heterocycles. The smallest absolute Gasteiger partial charge is 0.476 e. The molecule has 1 aliphatic rings. The molecule has 5 heteroatoms. The second-order valence-electron chi connectivity index (χ2n) is 2.78. The van der Waals surface area contributed by atoms with Crippen LogP contribution in [0.25, 0.3) is 0 Å². The minimum absolute atomic E-state index is 0.282. The zero-order valence-corrected chi connectivity index (χ0v) is 7.29. The van der Waals surface area contributed by atoms with Crippen molar-refractivity contribution in [3.63, 3.8) is 0 Å². The normalized spacial score (nSPS) is 20.6. The number of cyclic esters (lactones) is 1. The average Bonchev–Trinajstić information content (AvgIpc) is 1.94. The molecule has 68 valence electrons. The van der Waals surface area contributed by atoms with E-state index in [1.807, 2.05) is 6.92 Å². The van der Waals surface area contributed by atoms with Gasteiger partial charge >= 0.3 is 6.16 Å². The number of hydrogen-bond donors (Lipinski definition) is 0. The molecule has 0 aromatic carbocycles. The summed E-state index contributed by atoms with van der Waals surface area (Å²) in [6.07, 6.45) is -0.802. The van der Waals surface area contributed by atoms with Crippen LogP contribution in [-0.4, -0.2) is 24.3 Å². The van der Waals surface area contributed by atoms with E-state index in [4.69, 9.17) is 9.47 Å². The van der Waals surface area contributed by atoms with Crippen LogP contribution in [0.5, 0.6) is 0 Å². The van der Waals surface area contributed by atoms with Crippen molar-refractivity contribution in [3.8, 4) is 0 Å². The minimum Gasteiger partial charge on any atom is -0.476 e. The maximum absolute atomic E-state index is 10.6. The van der Waals surface area contributed by atoms with Gasteiger partial charge in [0.1, 0.15) is 0 Å². The zero-order chi connectivity index (χ0) is 9.19. The Kier molecular flexibility index (Phi) is 2.21. The van der Waals surface area contributed by atoms with E-state index < -0.39 is 11.8 Å². The van der Waals surface area contributed by atoms with Crippen molar-refractivity contribution >= 4 is 12.1 Å². The lowest BCUT2D eigenvalue weighted by Crippen LogP contribution is -2.42. The molecule has 0 aliphatic carbocycles. The first-order valence-electron chi connectivity index (χ1n) is 3.67. The molecule has 0 bridgehead atoms. The standard InChI is InChI=1S/C7H11NO4/c1-4-10-5-7(2,3)11-6(9)12-8-5/h4H2,1-3H3. The SMILES string of the molecule is CCOC1=NOC(=O)OC1(C)C. The van der Waals surface area contributed by atoms with Gasteiger partial charge in [0.05, 0.1) is 6.61 Å². The van der Waals surface area contributed by atoms with Gasteiger partial charge in [-0.05, 0) is 25.9 Å².